The summed E-state index contributed by atoms with van der Waals surface area (Å²) in [5.74, 6) is 0.188. The summed E-state index contributed by atoms with van der Waals surface area (Å²) in [5.41, 5.74) is -0.543. The van der Waals surface area contributed by atoms with Crippen LogP contribution in [0.15, 0.2) is 30.3 Å². The quantitative estimate of drug-likeness (QED) is 0.800. The Labute approximate surface area is 109 Å². The maximum Gasteiger partial charge on any atom is 0.121 e. The van der Waals surface area contributed by atoms with Gasteiger partial charge in [-0.1, -0.05) is 51.1 Å². The first kappa shape index (κ1) is 12.2. The van der Waals surface area contributed by atoms with E-state index in [2.05, 4.69) is 20.8 Å². The van der Waals surface area contributed by atoms with Gasteiger partial charge in [0.05, 0.1) is 6.10 Å². The minimum absolute atomic E-state index is 0.0307. The Hall–Kier alpha value is -0.860. The third-order valence-electron chi connectivity index (χ3n) is 6.17. The second-order valence-electron chi connectivity index (χ2n) is 6.78. The highest BCUT2D eigenvalue weighted by Crippen LogP contribution is 2.72. The number of rotatable bonds is 1. The molecule has 1 aromatic rings. The fraction of sp³-hybridized carbons (Fsp3) is 0.625. The molecule has 2 N–H and O–H groups in total. The molecule has 18 heavy (non-hydrogen) atoms. The lowest BCUT2D eigenvalue weighted by atomic mass is 9.62. The summed E-state index contributed by atoms with van der Waals surface area (Å²) in [7, 11) is 0. The predicted molar refractivity (Wildman–Crippen MR) is 71.0 cm³/mol. The van der Waals surface area contributed by atoms with Gasteiger partial charge in [0.2, 0.25) is 0 Å². The summed E-state index contributed by atoms with van der Waals surface area (Å²) >= 11 is 0. The van der Waals surface area contributed by atoms with Crippen molar-refractivity contribution in [2.24, 2.45) is 16.7 Å². The number of benzene rings is 1. The number of fused-ring (bicyclic) bond motifs is 2. The van der Waals surface area contributed by atoms with Gasteiger partial charge in [-0.25, -0.2) is 0 Å². The molecular weight excluding hydrogens is 224 g/mol. The molecule has 2 saturated carbocycles. The smallest absolute Gasteiger partial charge is 0.121 e. The Balaban J connectivity index is 2.19. The third-order valence-corrected chi connectivity index (χ3v) is 6.17. The van der Waals surface area contributed by atoms with Crippen LogP contribution in [0.5, 0.6) is 0 Å². The van der Waals surface area contributed by atoms with Crippen molar-refractivity contribution in [3.63, 3.8) is 0 Å². The van der Waals surface area contributed by atoms with Crippen LogP contribution < -0.4 is 0 Å². The fourth-order valence-corrected chi connectivity index (χ4v) is 4.57. The average molecular weight is 246 g/mol. The standard InChI is InChI=1S/C16H22O2/c1-14(2)12-9-10-15(14,3)16(18,13(12)17)11-7-5-4-6-8-11/h4-8,12-13,17-18H,9-10H2,1-3H3/t12-,13+,15+,16-/m0/s1. The normalized spacial score (nSPS) is 45.4. The van der Waals surface area contributed by atoms with E-state index < -0.39 is 11.7 Å². The van der Waals surface area contributed by atoms with Crippen molar-refractivity contribution >= 4 is 0 Å². The van der Waals surface area contributed by atoms with Crippen LogP contribution in [0.2, 0.25) is 0 Å². The average Bonchev–Trinajstić information content (AvgIpc) is 2.65. The Morgan fingerprint density at radius 1 is 1.11 bits per heavy atom. The van der Waals surface area contributed by atoms with Gasteiger partial charge in [0.15, 0.2) is 0 Å². The molecule has 0 amide bonds. The topological polar surface area (TPSA) is 40.5 Å². The first-order chi connectivity index (χ1) is 8.36. The van der Waals surface area contributed by atoms with Crippen molar-refractivity contribution in [3.8, 4) is 0 Å². The van der Waals surface area contributed by atoms with Crippen LogP contribution in [-0.4, -0.2) is 16.3 Å². The molecule has 0 radical (unpaired) electrons. The molecule has 2 fully saturated rings. The van der Waals surface area contributed by atoms with Gasteiger partial charge in [-0.05, 0) is 29.7 Å². The van der Waals surface area contributed by atoms with Crippen LogP contribution in [-0.2, 0) is 5.60 Å². The van der Waals surface area contributed by atoms with E-state index in [4.69, 9.17) is 0 Å². The van der Waals surface area contributed by atoms with Gasteiger partial charge in [0.1, 0.15) is 5.60 Å². The van der Waals surface area contributed by atoms with Gasteiger partial charge in [-0.2, -0.15) is 0 Å². The second-order valence-corrected chi connectivity index (χ2v) is 6.78. The van der Waals surface area contributed by atoms with E-state index in [-0.39, 0.29) is 16.7 Å². The Morgan fingerprint density at radius 2 is 1.72 bits per heavy atom. The molecular formula is C16H22O2. The zero-order chi connectivity index (χ0) is 13.2. The summed E-state index contributed by atoms with van der Waals surface area (Å²) in [6.45, 7) is 6.51. The van der Waals surface area contributed by atoms with Crippen molar-refractivity contribution < 1.29 is 10.2 Å². The highest BCUT2D eigenvalue weighted by molar-refractivity contribution is 5.34. The van der Waals surface area contributed by atoms with E-state index >= 15 is 0 Å². The summed E-state index contributed by atoms with van der Waals surface area (Å²) in [5, 5.41) is 21.9. The Bertz CT molecular complexity index is 467. The minimum atomic E-state index is -1.11. The van der Waals surface area contributed by atoms with E-state index in [1.807, 2.05) is 30.3 Å². The fourth-order valence-electron chi connectivity index (χ4n) is 4.57. The Morgan fingerprint density at radius 3 is 2.22 bits per heavy atom. The van der Waals surface area contributed by atoms with Crippen LogP contribution in [0.1, 0.15) is 39.2 Å². The molecule has 2 nitrogen and oxygen atoms in total. The molecule has 0 spiro atoms. The SMILES string of the molecule is CC1(C)[C@H]2CC[C@@]1(C)[C@](O)(c1ccccc1)[C@@H]2O. The molecule has 3 rings (SSSR count). The van der Waals surface area contributed by atoms with Crippen LogP contribution >= 0.6 is 0 Å². The maximum atomic E-state index is 11.3. The molecule has 1 aromatic carbocycles. The van der Waals surface area contributed by atoms with Crippen molar-refractivity contribution in [1.29, 1.82) is 0 Å². The molecule has 0 heterocycles. The van der Waals surface area contributed by atoms with E-state index in [0.29, 0.717) is 0 Å². The monoisotopic (exact) mass is 246 g/mol. The largest absolute Gasteiger partial charge is 0.389 e. The zero-order valence-corrected chi connectivity index (χ0v) is 11.4. The van der Waals surface area contributed by atoms with Gasteiger partial charge < -0.3 is 10.2 Å². The number of hydrogen-bond acceptors (Lipinski definition) is 2. The van der Waals surface area contributed by atoms with Gasteiger partial charge >= 0.3 is 0 Å². The van der Waals surface area contributed by atoms with Crippen LogP contribution in [0.25, 0.3) is 0 Å². The zero-order valence-electron chi connectivity index (χ0n) is 11.4. The Kier molecular flexibility index (Phi) is 2.28. The maximum absolute atomic E-state index is 11.3. The molecule has 0 aliphatic heterocycles. The lowest BCUT2D eigenvalue weighted by Gasteiger charge is -2.46. The van der Waals surface area contributed by atoms with E-state index in [1.165, 1.54) is 0 Å². The molecule has 4 atom stereocenters. The van der Waals surface area contributed by atoms with Crippen LogP contribution in [0.4, 0.5) is 0 Å². The highest BCUT2D eigenvalue weighted by atomic mass is 16.3. The molecule has 0 aromatic heterocycles. The molecule has 2 aliphatic rings. The molecule has 2 bridgehead atoms. The predicted octanol–water partition coefficient (Wildman–Crippen LogP) is 2.69. The van der Waals surface area contributed by atoms with Gasteiger partial charge in [0, 0.05) is 5.41 Å². The third kappa shape index (κ3) is 1.07. The molecule has 0 saturated heterocycles. The summed E-state index contributed by atoms with van der Waals surface area (Å²) in [4.78, 5) is 0. The van der Waals surface area contributed by atoms with Crippen LogP contribution in [0, 0.1) is 16.7 Å². The highest BCUT2D eigenvalue weighted by Gasteiger charge is 2.73. The van der Waals surface area contributed by atoms with Gasteiger partial charge in [-0.3, -0.25) is 0 Å². The summed E-state index contributed by atoms with van der Waals surface area (Å²) in [6.07, 6.45) is 1.33. The molecule has 2 heteroatoms. The molecule has 2 aliphatic carbocycles. The van der Waals surface area contributed by atoms with E-state index in [1.54, 1.807) is 0 Å². The molecule has 98 valence electrons. The van der Waals surface area contributed by atoms with Crippen LogP contribution in [0.3, 0.4) is 0 Å². The minimum Gasteiger partial charge on any atom is -0.389 e. The molecule has 0 unspecified atom stereocenters. The van der Waals surface area contributed by atoms with Gasteiger partial charge in [-0.15, -0.1) is 0 Å². The number of hydrogen-bond donors (Lipinski definition) is 2. The van der Waals surface area contributed by atoms with Crippen molar-refractivity contribution in [2.75, 3.05) is 0 Å². The van der Waals surface area contributed by atoms with Crippen molar-refractivity contribution in [3.05, 3.63) is 35.9 Å². The summed E-state index contributed by atoms with van der Waals surface area (Å²) in [6, 6.07) is 9.68. The van der Waals surface area contributed by atoms with Crippen molar-refractivity contribution in [2.45, 2.75) is 45.3 Å². The van der Waals surface area contributed by atoms with Gasteiger partial charge in [0.25, 0.3) is 0 Å². The number of aliphatic hydroxyl groups excluding tert-OH is 1. The first-order valence-electron chi connectivity index (χ1n) is 6.81. The lowest BCUT2D eigenvalue weighted by Crippen LogP contribution is -2.50. The van der Waals surface area contributed by atoms with E-state index in [9.17, 15) is 10.2 Å². The summed E-state index contributed by atoms with van der Waals surface area (Å²) < 4.78 is 0. The lowest BCUT2D eigenvalue weighted by molar-refractivity contribution is -0.154. The van der Waals surface area contributed by atoms with Crippen molar-refractivity contribution in [1.82, 2.24) is 0 Å². The first-order valence-corrected chi connectivity index (χ1v) is 6.81. The number of aliphatic hydroxyl groups is 2. The second kappa shape index (κ2) is 3.37. The van der Waals surface area contributed by atoms with E-state index in [0.717, 1.165) is 18.4 Å².